The van der Waals surface area contributed by atoms with Crippen LogP contribution in [0, 0.1) is 5.82 Å². The zero-order valence-corrected chi connectivity index (χ0v) is 16.4. The lowest BCUT2D eigenvalue weighted by Crippen LogP contribution is -2.29. The van der Waals surface area contributed by atoms with Crippen LogP contribution in [0.3, 0.4) is 0 Å². The summed E-state index contributed by atoms with van der Waals surface area (Å²) in [6, 6.07) is 11.2. The first-order valence-electron chi connectivity index (χ1n) is 8.98. The molecular formula is C21H18FN3O3S. The van der Waals surface area contributed by atoms with Gasteiger partial charge in [-0.25, -0.2) is 9.18 Å². The second-order valence-corrected chi connectivity index (χ2v) is 8.07. The van der Waals surface area contributed by atoms with Gasteiger partial charge in [0.25, 0.3) is 5.91 Å². The van der Waals surface area contributed by atoms with Crippen LogP contribution in [0.1, 0.15) is 34.8 Å². The van der Waals surface area contributed by atoms with Crippen LogP contribution < -0.4 is 11.1 Å². The summed E-state index contributed by atoms with van der Waals surface area (Å²) in [7, 11) is 0. The van der Waals surface area contributed by atoms with E-state index < -0.39 is 23.2 Å². The van der Waals surface area contributed by atoms with E-state index in [1.165, 1.54) is 30.0 Å². The molecule has 6 nitrogen and oxygen atoms in total. The molecule has 2 aliphatic heterocycles. The summed E-state index contributed by atoms with van der Waals surface area (Å²) < 4.78 is 19.7. The van der Waals surface area contributed by atoms with Crippen molar-refractivity contribution >= 4 is 40.3 Å². The van der Waals surface area contributed by atoms with Crippen molar-refractivity contribution in [3.63, 3.8) is 0 Å². The average molecular weight is 411 g/mol. The highest BCUT2D eigenvalue weighted by molar-refractivity contribution is 8.13. The lowest BCUT2D eigenvalue weighted by Gasteiger charge is -2.30. The van der Waals surface area contributed by atoms with E-state index in [2.05, 4.69) is 10.3 Å². The Morgan fingerprint density at radius 2 is 2.07 bits per heavy atom. The number of anilines is 1. The Morgan fingerprint density at radius 3 is 2.83 bits per heavy atom. The predicted molar refractivity (Wildman–Crippen MR) is 111 cm³/mol. The number of benzene rings is 2. The Bertz CT molecular complexity index is 1080. The average Bonchev–Trinajstić information content (AvgIpc) is 2.99. The van der Waals surface area contributed by atoms with Crippen LogP contribution in [0.2, 0.25) is 0 Å². The van der Waals surface area contributed by atoms with Gasteiger partial charge in [-0.1, -0.05) is 30.0 Å². The van der Waals surface area contributed by atoms with Crippen molar-refractivity contribution in [3.8, 4) is 0 Å². The zero-order valence-electron chi connectivity index (χ0n) is 15.6. The van der Waals surface area contributed by atoms with E-state index in [9.17, 15) is 14.0 Å². The second kappa shape index (κ2) is 7.36. The molecule has 29 heavy (non-hydrogen) atoms. The Hall–Kier alpha value is -3.13. The molecular weight excluding hydrogens is 393 g/mol. The Labute approximate surface area is 171 Å². The minimum Gasteiger partial charge on any atom is -0.422 e. The summed E-state index contributed by atoms with van der Waals surface area (Å²) >= 11 is 1.43. The number of nitrogens with one attached hydrogen (secondary N) is 1. The van der Waals surface area contributed by atoms with Crippen molar-refractivity contribution in [3.05, 3.63) is 71.0 Å². The number of esters is 1. The summed E-state index contributed by atoms with van der Waals surface area (Å²) in [6.07, 6.45) is 1.84. The highest BCUT2D eigenvalue weighted by atomic mass is 32.2. The molecule has 2 aromatic rings. The largest absolute Gasteiger partial charge is 0.422 e. The number of hydrogen-bond donors (Lipinski definition) is 2. The van der Waals surface area contributed by atoms with Gasteiger partial charge in [0, 0.05) is 28.6 Å². The topological polar surface area (TPSA) is 93.8 Å². The van der Waals surface area contributed by atoms with Gasteiger partial charge < -0.3 is 15.8 Å². The quantitative estimate of drug-likeness (QED) is 0.594. The monoisotopic (exact) mass is 411 g/mol. The van der Waals surface area contributed by atoms with Crippen molar-refractivity contribution in [2.45, 2.75) is 18.9 Å². The van der Waals surface area contributed by atoms with Crippen molar-refractivity contribution in [2.75, 3.05) is 11.1 Å². The lowest BCUT2D eigenvalue weighted by molar-refractivity contribution is -0.111. The van der Waals surface area contributed by atoms with E-state index in [-0.39, 0.29) is 5.76 Å². The molecule has 148 valence electrons. The lowest BCUT2D eigenvalue weighted by atomic mass is 9.89. The van der Waals surface area contributed by atoms with Crippen molar-refractivity contribution < 1.29 is 18.7 Å². The van der Waals surface area contributed by atoms with Gasteiger partial charge in [-0.15, -0.1) is 0 Å². The maximum atomic E-state index is 14.5. The number of rotatable bonds is 3. The molecule has 2 aliphatic rings. The fourth-order valence-corrected chi connectivity index (χ4v) is 4.36. The summed E-state index contributed by atoms with van der Waals surface area (Å²) in [4.78, 5) is 28.8. The van der Waals surface area contributed by atoms with Gasteiger partial charge in [-0.2, -0.15) is 0 Å². The molecule has 3 N–H and O–H groups in total. The number of amides is 1. The number of nitrogens with zero attached hydrogens (tertiary/aromatic N) is 1. The molecule has 0 spiro atoms. The number of cyclic esters (lactones) is 1. The molecule has 0 saturated heterocycles. The standard InChI is InChI=1S/C21H18FN3O3S/c1-21(8-9-29-20(23)25-21)15-10-12(6-7-16(15)22)24-18(26)11-17-13-4-2-3-5-14(13)19(27)28-17/h2-7,10-11H,8-9H2,1H3,(H2,23,25)(H,24,26). The van der Waals surface area contributed by atoms with Crippen LogP contribution in [0.5, 0.6) is 0 Å². The van der Waals surface area contributed by atoms with Crippen molar-refractivity contribution in [1.29, 1.82) is 0 Å². The summed E-state index contributed by atoms with van der Waals surface area (Å²) in [5, 5.41) is 3.11. The first-order valence-corrected chi connectivity index (χ1v) is 9.97. The molecule has 0 radical (unpaired) electrons. The van der Waals surface area contributed by atoms with Crippen LogP contribution in [0.25, 0.3) is 5.76 Å². The molecule has 0 bridgehead atoms. The number of carbonyl (C=O) groups excluding carboxylic acids is 2. The Kier molecular flexibility index (Phi) is 4.87. The van der Waals surface area contributed by atoms with Gasteiger partial charge in [0.1, 0.15) is 11.6 Å². The van der Waals surface area contributed by atoms with Crippen LogP contribution in [-0.4, -0.2) is 22.8 Å². The highest BCUT2D eigenvalue weighted by Crippen LogP contribution is 2.37. The fourth-order valence-electron chi connectivity index (χ4n) is 3.39. The number of halogens is 1. The van der Waals surface area contributed by atoms with Crippen LogP contribution >= 0.6 is 11.8 Å². The maximum Gasteiger partial charge on any atom is 0.344 e. The van der Waals surface area contributed by atoms with Crippen LogP contribution in [0.15, 0.2) is 53.5 Å². The molecule has 1 atom stereocenters. The van der Waals surface area contributed by atoms with Crippen LogP contribution in [-0.2, 0) is 15.1 Å². The van der Waals surface area contributed by atoms with Gasteiger partial charge in [0.2, 0.25) is 0 Å². The Balaban J connectivity index is 1.59. The molecule has 8 heteroatoms. The SMILES string of the molecule is CC1(c2cc(NC(=O)C=C3OC(=O)c4ccccc43)ccc2F)CCSC(N)=N1. The molecule has 1 unspecified atom stereocenters. The molecule has 2 heterocycles. The Morgan fingerprint density at radius 1 is 1.31 bits per heavy atom. The molecule has 0 fully saturated rings. The number of carbonyl (C=O) groups is 2. The maximum absolute atomic E-state index is 14.5. The molecule has 4 rings (SSSR count). The summed E-state index contributed by atoms with van der Waals surface area (Å²) in [5.74, 6) is -0.486. The van der Waals surface area contributed by atoms with Crippen LogP contribution in [0.4, 0.5) is 10.1 Å². The normalized spacial score (nSPS) is 22.1. The highest BCUT2D eigenvalue weighted by Gasteiger charge is 2.32. The van der Waals surface area contributed by atoms with Gasteiger partial charge in [0.05, 0.1) is 11.1 Å². The van der Waals surface area contributed by atoms with E-state index in [1.54, 1.807) is 30.3 Å². The number of ether oxygens (including phenoxy) is 1. The second-order valence-electron chi connectivity index (χ2n) is 6.95. The van der Waals surface area contributed by atoms with E-state index >= 15 is 0 Å². The van der Waals surface area contributed by atoms with E-state index in [1.807, 2.05) is 6.92 Å². The van der Waals surface area contributed by atoms with Gasteiger partial charge in [-0.05, 0) is 37.6 Å². The van der Waals surface area contributed by atoms with E-state index in [0.717, 1.165) is 5.75 Å². The summed E-state index contributed by atoms with van der Waals surface area (Å²) in [5.41, 5.74) is 6.78. The van der Waals surface area contributed by atoms with Gasteiger partial charge in [-0.3, -0.25) is 9.79 Å². The fraction of sp³-hybridized carbons (Fsp3) is 0.190. The number of thioether (sulfide) groups is 1. The minimum absolute atomic E-state index is 0.180. The van der Waals surface area contributed by atoms with Gasteiger partial charge >= 0.3 is 5.97 Å². The van der Waals surface area contributed by atoms with Gasteiger partial charge in [0.15, 0.2) is 5.17 Å². The third-order valence-corrected chi connectivity index (χ3v) is 5.68. The molecule has 2 aromatic carbocycles. The number of amidine groups is 1. The first kappa shape index (κ1) is 19.2. The third-order valence-electron chi connectivity index (χ3n) is 4.89. The smallest absolute Gasteiger partial charge is 0.344 e. The van der Waals surface area contributed by atoms with E-state index in [4.69, 9.17) is 10.5 Å². The van der Waals surface area contributed by atoms with Crippen molar-refractivity contribution in [2.24, 2.45) is 10.7 Å². The third kappa shape index (κ3) is 3.75. The zero-order chi connectivity index (χ0) is 20.6. The molecule has 0 aromatic heterocycles. The molecule has 0 saturated carbocycles. The predicted octanol–water partition coefficient (Wildman–Crippen LogP) is 3.64. The first-order chi connectivity index (χ1) is 13.9. The number of fused-ring (bicyclic) bond motifs is 1. The number of aliphatic imine (C=N–C) groups is 1. The minimum atomic E-state index is -0.793. The summed E-state index contributed by atoms with van der Waals surface area (Å²) in [6.45, 7) is 1.82. The molecule has 1 amide bonds. The van der Waals surface area contributed by atoms with Crippen molar-refractivity contribution in [1.82, 2.24) is 0 Å². The number of hydrogen-bond acceptors (Lipinski definition) is 6. The molecule has 0 aliphatic carbocycles. The number of nitrogens with two attached hydrogens (primary N) is 1. The van der Waals surface area contributed by atoms with E-state index in [0.29, 0.717) is 34.0 Å².